The fourth-order valence-electron chi connectivity index (χ4n) is 5.60. The molecule has 3 aromatic heterocycles. The second-order valence-electron chi connectivity index (χ2n) is 11.0. The highest BCUT2D eigenvalue weighted by atomic mass is 27.3. The molecule has 0 radical (unpaired) electrons. The van der Waals surface area contributed by atoms with Crippen molar-refractivity contribution in [3.05, 3.63) is 107 Å². The van der Waals surface area contributed by atoms with Crippen molar-refractivity contribution in [2.24, 2.45) is 0 Å². The van der Waals surface area contributed by atoms with Gasteiger partial charge in [0.15, 0.2) is 0 Å². The third-order valence-electron chi connectivity index (χ3n) is 7.78. The lowest BCUT2D eigenvalue weighted by molar-refractivity contribution is -0.137. The number of halogens is 9. The number of hydrogen-bond acceptors (Lipinski definition) is 6. The zero-order valence-corrected chi connectivity index (χ0v) is 26.6. The first kappa shape index (κ1) is 34.1. The van der Waals surface area contributed by atoms with Crippen LogP contribution in [-0.4, -0.2) is 30.1 Å². The second-order valence-corrected chi connectivity index (χ2v) is 12.3. The van der Waals surface area contributed by atoms with Crippen molar-refractivity contribution in [1.82, 2.24) is 15.0 Å². The third-order valence-corrected chi connectivity index (χ3v) is 9.12. The number of nitrogens with zero attached hydrogens (tertiary/aromatic N) is 3. The molecular formula is C33H21AlF9N3O3. The molecule has 6 aromatic rings. The van der Waals surface area contributed by atoms with Crippen molar-refractivity contribution in [3.8, 4) is 17.2 Å². The van der Waals surface area contributed by atoms with Crippen LogP contribution in [0, 0.1) is 20.8 Å². The Bertz CT molecular complexity index is 1990. The SMILES string of the molecule is Cc1ccnc2c([O][Al]([O]c3ccc(C(F)(F)F)c4c(C)ccnc34)[O]c3ccc(C(F)(F)F)c4c(C)ccnc34)ccc(C(F)(F)F)c12. The van der Waals surface area contributed by atoms with Crippen LogP contribution >= 0.6 is 0 Å². The highest BCUT2D eigenvalue weighted by molar-refractivity contribution is 6.40. The average molecular weight is 706 g/mol. The molecule has 0 N–H and O–H groups in total. The number of pyridine rings is 3. The maximum absolute atomic E-state index is 14.0. The Balaban J connectivity index is 1.53. The summed E-state index contributed by atoms with van der Waals surface area (Å²) in [6, 6.07) is 9.40. The third kappa shape index (κ3) is 6.50. The van der Waals surface area contributed by atoms with E-state index < -0.39 is 50.4 Å². The molecule has 0 amide bonds. The molecule has 6 rings (SSSR count). The summed E-state index contributed by atoms with van der Waals surface area (Å²) in [4.78, 5) is 12.3. The predicted molar refractivity (Wildman–Crippen MR) is 162 cm³/mol. The Morgan fingerprint density at radius 3 is 0.939 bits per heavy atom. The first-order chi connectivity index (χ1) is 22.9. The van der Waals surface area contributed by atoms with E-state index in [0.29, 0.717) is 0 Å². The van der Waals surface area contributed by atoms with E-state index >= 15 is 0 Å². The topological polar surface area (TPSA) is 66.4 Å². The first-order valence-electron chi connectivity index (χ1n) is 14.3. The summed E-state index contributed by atoms with van der Waals surface area (Å²) >= 11 is -3.92. The van der Waals surface area contributed by atoms with Gasteiger partial charge in [0.1, 0.15) is 33.8 Å². The molecule has 0 atom stereocenters. The van der Waals surface area contributed by atoms with Crippen molar-refractivity contribution in [2.75, 3.05) is 0 Å². The van der Waals surface area contributed by atoms with Crippen LogP contribution in [0.4, 0.5) is 39.5 Å². The number of aryl methyl sites for hydroxylation is 3. The zero-order chi connectivity index (χ0) is 35.5. The van der Waals surface area contributed by atoms with Gasteiger partial charge in [0.2, 0.25) is 0 Å². The molecule has 0 bridgehead atoms. The average Bonchev–Trinajstić information content (AvgIpc) is 3.00. The summed E-state index contributed by atoms with van der Waals surface area (Å²) < 4.78 is 144. The molecule has 0 saturated heterocycles. The quantitative estimate of drug-likeness (QED) is 0.127. The second kappa shape index (κ2) is 12.3. The minimum absolute atomic E-state index is 0.213. The Morgan fingerprint density at radius 1 is 0.429 bits per heavy atom. The number of fused-ring (bicyclic) bond motifs is 3. The van der Waals surface area contributed by atoms with Gasteiger partial charge < -0.3 is 11.4 Å². The molecule has 0 fully saturated rings. The molecule has 6 nitrogen and oxygen atoms in total. The van der Waals surface area contributed by atoms with Gasteiger partial charge in [-0.1, -0.05) is 0 Å². The Hall–Kier alpha value is -4.81. The van der Waals surface area contributed by atoms with Crippen LogP contribution in [0.3, 0.4) is 0 Å². The zero-order valence-electron chi connectivity index (χ0n) is 25.5. The van der Waals surface area contributed by atoms with Crippen molar-refractivity contribution < 1.29 is 50.9 Å². The normalized spacial score (nSPS) is 12.5. The van der Waals surface area contributed by atoms with Gasteiger partial charge in [0.25, 0.3) is 0 Å². The summed E-state index contributed by atoms with van der Waals surface area (Å²) in [5.74, 6) is -0.697. The number of rotatable bonds is 6. The van der Waals surface area contributed by atoms with Crippen LogP contribution in [0.2, 0.25) is 0 Å². The molecule has 0 aliphatic carbocycles. The largest absolute Gasteiger partial charge is 1.20 e. The summed E-state index contributed by atoms with van der Waals surface area (Å²) in [6.07, 6.45) is -10.5. The van der Waals surface area contributed by atoms with Crippen LogP contribution in [0.25, 0.3) is 32.7 Å². The molecule has 49 heavy (non-hydrogen) atoms. The van der Waals surface area contributed by atoms with Crippen molar-refractivity contribution in [1.29, 1.82) is 0 Å². The summed E-state index contributed by atoms with van der Waals surface area (Å²) in [5, 5.41) is -0.848. The Kier molecular flexibility index (Phi) is 8.52. The highest BCUT2D eigenvalue weighted by Crippen LogP contribution is 2.42. The van der Waals surface area contributed by atoms with E-state index in [1.54, 1.807) is 0 Å². The van der Waals surface area contributed by atoms with Crippen LogP contribution in [0.1, 0.15) is 33.4 Å². The lowest BCUT2D eigenvalue weighted by atomic mass is 10.0. The fourth-order valence-corrected chi connectivity index (χ4v) is 6.93. The van der Waals surface area contributed by atoms with Crippen LogP contribution < -0.4 is 11.4 Å². The molecule has 3 aromatic carbocycles. The number of aromatic nitrogens is 3. The highest BCUT2D eigenvalue weighted by Gasteiger charge is 2.47. The molecule has 0 aliphatic heterocycles. The van der Waals surface area contributed by atoms with Gasteiger partial charge in [-0.25, -0.2) is 0 Å². The van der Waals surface area contributed by atoms with E-state index in [1.807, 2.05) is 0 Å². The van der Waals surface area contributed by atoms with Gasteiger partial charge in [-0.05, 0) is 92.1 Å². The maximum Gasteiger partial charge on any atom is 1.20 e. The van der Waals surface area contributed by atoms with Gasteiger partial charge in [-0.3, -0.25) is 15.0 Å². The van der Waals surface area contributed by atoms with Gasteiger partial charge in [0.05, 0.1) is 16.7 Å². The molecule has 0 saturated carbocycles. The number of alkyl halides is 9. The molecule has 0 unspecified atom stereocenters. The molecule has 252 valence electrons. The van der Waals surface area contributed by atoms with Crippen LogP contribution in [0.5, 0.6) is 17.2 Å². The van der Waals surface area contributed by atoms with Crippen molar-refractivity contribution in [2.45, 2.75) is 39.3 Å². The minimum atomic E-state index is -4.76. The predicted octanol–water partition coefficient (Wildman–Crippen LogP) is 9.83. The maximum atomic E-state index is 14.0. The van der Waals surface area contributed by atoms with E-state index in [2.05, 4.69) is 15.0 Å². The van der Waals surface area contributed by atoms with Crippen LogP contribution in [0.15, 0.2) is 73.2 Å². The smallest absolute Gasteiger partial charge is 0.576 e. The van der Waals surface area contributed by atoms with Gasteiger partial charge in [-0.15, -0.1) is 0 Å². The Morgan fingerprint density at radius 2 is 0.694 bits per heavy atom. The molecular weight excluding hydrogens is 684 g/mol. The van der Waals surface area contributed by atoms with Gasteiger partial charge >= 0.3 is 33.7 Å². The standard InChI is InChI=1S/3C11H8F3NO.Al/c3*1-6-4-5-15-10-8(16)3-2-7(9(6)10)11(12,13)14;/h3*2-5,16H,1H3;/q;;;+3/p-3. The molecule has 3 heterocycles. The minimum Gasteiger partial charge on any atom is -0.576 e. The van der Waals surface area contributed by atoms with Crippen molar-refractivity contribution >= 4 is 47.9 Å². The lowest BCUT2D eigenvalue weighted by Gasteiger charge is -2.21. The van der Waals surface area contributed by atoms with Crippen LogP contribution in [-0.2, 0) is 18.5 Å². The summed E-state index contributed by atoms with van der Waals surface area (Å²) in [6.45, 7) is 4.32. The fraction of sp³-hybridized carbons (Fsp3) is 0.182. The van der Waals surface area contributed by atoms with E-state index in [1.165, 1.54) is 57.6 Å². The Labute approximate surface area is 276 Å². The number of hydrogen-bond donors (Lipinski definition) is 0. The van der Waals surface area contributed by atoms with Gasteiger partial charge in [-0.2, -0.15) is 39.5 Å². The van der Waals surface area contributed by atoms with E-state index in [0.717, 1.165) is 36.4 Å². The first-order valence-corrected chi connectivity index (χ1v) is 15.7. The van der Waals surface area contributed by atoms with Crippen molar-refractivity contribution in [3.63, 3.8) is 0 Å². The molecule has 16 heteroatoms. The monoisotopic (exact) mass is 705 g/mol. The summed E-state index contributed by atoms with van der Waals surface area (Å²) in [7, 11) is 0. The molecule has 0 spiro atoms. The van der Waals surface area contributed by atoms with Gasteiger partial charge in [0, 0.05) is 34.7 Å². The lowest BCUT2D eigenvalue weighted by Crippen LogP contribution is -2.37. The number of benzene rings is 3. The van der Waals surface area contributed by atoms with E-state index in [9.17, 15) is 39.5 Å². The van der Waals surface area contributed by atoms with E-state index in [4.69, 9.17) is 11.4 Å². The summed E-state index contributed by atoms with van der Waals surface area (Å²) in [5.41, 5.74) is -3.03. The molecule has 0 aliphatic rings. The van der Waals surface area contributed by atoms with E-state index in [-0.39, 0.29) is 66.6 Å².